The van der Waals surface area contributed by atoms with Crippen LogP contribution in [0.5, 0.6) is 0 Å². The summed E-state index contributed by atoms with van der Waals surface area (Å²) in [6, 6.07) is 0. The highest BCUT2D eigenvalue weighted by molar-refractivity contribution is 7.92. The van der Waals surface area contributed by atoms with E-state index in [1.54, 1.807) is 0 Å². The van der Waals surface area contributed by atoms with E-state index in [1.165, 1.54) is 14.2 Å². The van der Waals surface area contributed by atoms with Crippen molar-refractivity contribution in [1.82, 2.24) is 0 Å². The summed E-state index contributed by atoms with van der Waals surface area (Å²) in [4.78, 5) is 23.1. The predicted octanol–water partition coefficient (Wildman–Crippen LogP) is 1.48. The Kier molecular flexibility index (Phi) is 6.19. The molecule has 0 bridgehead atoms. The Bertz CT molecular complexity index is 478. The fourth-order valence-electron chi connectivity index (χ4n) is 2.42. The molecule has 1 saturated carbocycles. The van der Waals surface area contributed by atoms with Crippen molar-refractivity contribution in [3.63, 3.8) is 0 Å². The monoisotopic (exact) mass is 320 g/mol. The Morgan fingerprint density at radius 3 is 2.24 bits per heavy atom. The van der Waals surface area contributed by atoms with Crippen LogP contribution in [0.15, 0.2) is 0 Å². The van der Waals surface area contributed by atoms with E-state index in [-0.39, 0.29) is 18.6 Å². The molecule has 1 unspecified atom stereocenters. The van der Waals surface area contributed by atoms with Crippen LogP contribution in [0.1, 0.15) is 45.4 Å². The maximum atomic E-state index is 12.5. The first-order chi connectivity index (χ1) is 9.80. The number of sulfone groups is 1. The van der Waals surface area contributed by atoms with Crippen molar-refractivity contribution in [2.45, 2.75) is 50.7 Å². The molecule has 0 aliphatic heterocycles. The minimum atomic E-state index is -3.64. The van der Waals surface area contributed by atoms with Gasteiger partial charge in [-0.25, -0.2) is 8.42 Å². The van der Waals surface area contributed by atoms with Gasteiger partial charge in [-0.2, -0.15) is 0 Å². The topological polar surface area (TPSA) is 86.7 Å². The van der Waals surface area contributed by atoms with Crippen LogP contribution in [-0.2, 0) is 28.9 Å². The van der Waals surface area contributed by atoms with E-state index in [4.69, 9.17) is 0 Å². The summed E-state index contributed by atoms with van der Waals surface area (Å²) in [5.74, 6) is -1.28. The zero-order valence-corrected chi connectivity index (χ0v) is 13.7. The molecule has 0 aromatic rings. The van der Waals surface area contributed by atoms with Crippen molar-refractivity contribution >= 4 is 21.8 Å². The van der Waals surface area contributed by atoms with Gasteiger partial charge >= 0.3 is 11.9 Å². The minimum Gasteiger partial charge on any atom is -0.469 e. The lowest BCUT2D eigenvalue weighted by atomic mass is 10.1. The molecular weight excluding hydrogens is 296 g/mol. The average molecular weight is 320 g/mol. The molecule has 1 fully saturated rings. The zero-order chi connectivity index (χ0) is 16.1. The largest absolute Gasteiger partial charge is 0.469 e. The minimum absolute atomic E-state index is 0.0877. The molecule has 6 nitrogen and oxygen atoms in total. The lowest BCUT2D eigenvalue weighted by molar-refractivity contribution is -0.142. The van der Waals surface area contributed by atoms with Crippen LogP contribution in [-0.4, -0.2) is 45.6 Å². The van der Waals surface area contributed by atoms with Gasteiger partial charge < -0.3 is 9.47 Å². The number of hydrogen-bond acceptors (Lipinski definition) is 6. The van der Waals surface area contributed by atoms with E-state index >= 15 is 0 Å². The van der Waals surface area contributed by atoms with Crippen LogP contribution in [0.25, 0.3) is 0 Å². The number of rotatable bonds is 9. The summed E-state index contributed by atoms with van der Waals surface area (Å²) in [5.41, 5.74) is -0.551. The third-order valence-corrected chi connectivity index (χ3v) is 6.24. The summed E-state index contributed by atoms with van der Waals surface area (Å²) in [6.07, 6.45) is 3.13. The van der Waals surface area contributed by atoms with Gasteiger partial charge in [0.15, 0.2) is 15.1 Å². The summed E-state index contributed by atoms with van der Waals surface area (Å²) < 4.78 is 34.3. The van der Waals surface area contributed by atoms with Crippen LogP contribution in [0.2, 0.25) is 0 Å². The standard InChI is InChI=1S/C14H24O6S/c1-4-5-6-11(13(16)20-3)21(17,18)10-14(7-8-14)9-12(15)19-2/h11H,4-10H2,1-3H3. The molecule has 0 aromatic heterocycles. The highest BCUT2D eigenvalue weighted by Gasteiger charge is 2.50. The van der Waals surface area contributed by atoms with Crippen LogP contribution in [0.4, 0.5) is 0 Å². The van der Waals surface area contributed by atoms with Gasteiger partial charge in [0.1, 0.15) is 0 Å². The summed E-state index contributed by atoms with van der Waals surface area (Å²) in [7, 11) is -1.16. The third-order valence-electron chi connectivity index (χ3n) is 3.93. The summed E-state index contributed by atoms with van der Waals surface area (Å²) >= 11 is 0. The second-order valence-corrected chi connectivity index (χ2v) is 7.90. The Labute approximate surface area is 126 Å². The van der Waals surface area contributed by atoms with Crippen LogP contribution < -0.4 is 0 Å². The molecule has 0 N–H and O–H groups in total. The van der Waals surface area contributed by atoms with Gasteiger partial charge in [0.25, 0.3) is 0 Å². The lowest BCUT2D eigenvalue weighted by Gasteiger charge is -2.19. The second kappa shape index (κ2) is 7.24. The van der Waals surface area contributed by atoms with E-state index in [9.17, 15) is 18.0 Å². The van der Waals surface area contributed by atoms with E-state index in [0.29, 0.717) is 19.3 Å². The van der Waals surface area contributed by atoms with E-state index in [2.05, 4.69) is 9.47 Å². The van der Waals surface area contributed by atoms with Crippen LogP contribution >= 0.6 is 0 Å². The Morgan fingerprint density at radius 1 is 1.19 bits per heavy atom. The van der Waals surface area contributed by atoms with Gasteiger partial charge in [0.2, 0.25) is 0 Å². The molecule has 21 heavy (non-hydrogen) atoms. The number of unbranched alkanes of at least 4 members (excludes halogenated alkanes) is 1. The van der Waals surface area contributed by atoms with Crippen molar-refractivity contribution in [1.29, 1.82) is 0 Å². The van der Waals surface area contributed by atoms with Crippen LogP contribution in [0, 0.1) is 5.41 Å². The Morgan fingerprint density at radius 2 is 1.81 bits per heavy atom. The molecule has 0 radical (unpaired) electrons. The number of carbonyl (C=O) groups is 2. The van der Waals surface area contributed by atoms with Crippen molar-refractivity contribution < 1.29 is 27.5 Å². The first-order valence-corrected chi connectivity index (χ1v) is 8.88. The maximum Gasteiger partial charge on any atom is 0.324 e. The number of esters is 2. The molecule has 0 heterocycles. The predicted molar refractivity (Wildman–Crippen MR) is 77.4 cm³/mol. The van der Waals surface area contributed by atoms with E-state index in [0.717, 1.165) is 6.42 Å². The van der Waals surface area contributed by atoms with E-state index < -0.39 is 32.4 Å². The molecule has 0 amide bonds. The summed E-state index contributed by atoms with van der Waals surface area (Å²) in [5, 5.41) is -1.13. The molecule has 1 rings (SSSR count). The van der Waals surface area contributed by atoms with Gasteiger partial charge in [-0.15, -0.1) is 0 Å². The molecule has 1 atom stereocenters. The zero-order valence-electron chi connectivity index (χ0n) is 12.9. The first kappa shape index (κ1) is 17.9. The molecule has 1 aliphatic carbocycles. The number of hydrogen-bond donors (Lipinski definition) is 0. The fourth-order valence-corrected chi connectivity index (χ4v) is 4.78. The number of ether oxygens (including phenoxy) is 2. The fraction of sp³-hybridized carbons (Fsp3) is 0.857. The maximum absolute atomic E-state index is 12.5. The summed E-state index contributed by atoms with van der Waals surface area (Å²) in [6.45, 7) is 1.93. The van der Waals surface area contributed by atoms with Crippen molar-refractivity contribution in [3.8, 4) is 0 Å². The van der Waals surface area contributed by atoms with Gasteiger partial charge in [0.05, 0.1) is 26.4 Å². The van der Waals surface area contributed by atoms with E-state index in [1.807, 2.05) is 6.92 Å². The van der Waals surface area contributed by atoms with Crippen molar-refractivity contribution in [2.75, 3.05) is 20.0 Å². The average Bonchev–Trinajstić information content (AvgIpc) is 3.16. The van der Waals surface area contributed by atoms with Gasteiger partial charge in [0, 0.05) is 0 Å². The second-order valence-electron chi connectivity index (χ2n) is 5.71. The van der Waals surface area contributed by atoms with Crippen LogP contribution in [0.3, 0.4) is 0 Å². The highest BCUT2D eigenvalue weighted by Crippen LogP contribution is 2.50. The Hall–Kier alpha value is -1.11. The normalized spacial score (nSPS) is 17.9. The molecule has 0 aromatic carbocycles. The van der Waals surface area contributed by atoms with Gasteiger partial charge in [-0.1, -0.05) is 19.8 Å². The smallest absolute Gasteiger partial charge is 0.324 e. The highest BCUT2D eigenvalue weighted by atomic mass is 32.2. The first-order valence-electron chi connectivity index (χ1n) is 7.16. The van der Waals surface area contributed by atoms with Gasteiger partial charge in [-0.05, 0) is 24.7 Å². The lowest BCUT2D eigenvalue weighted by Crippen LogP contribution is -2.36. The Balaban J connectivity index is 2.81. The molecule has 0 spiro atoms. The SMILES string of the molecule is CCCCC(C(=O)OC)S(=O)(=O)CC1(CC(=O)OC)CC1. The molecular formula is C14H24O6S. The van der Waals surface area contributed by atoms with Crippen molar-refractivity contribution in [3.05, 3.63) is 0 Å². The number of methoxy groups -OCH3 is 2. The quantitative estimate of drug-likeness (QED) is 0.598. The molecule has 1 aliphatic rings. The third kappa shape index (κ3) is 4.98. The van der Waals surface area contributed by atoms with Gasteiger partial charge in [-0.3, -0.25) is 9.59 Å². The molecule has 122 valence electrons. The van der Waals surface area contributed by atoms with Crippen molar-refractivity contribution in [2.24, 2.45) is 5.41 Å². The number of carbonyl (C=O) groups excluding carboxylic acids is 2. The molecule has 7 heteroatoms. The molecule has 0 saturated heterocycles.